The van der Waals surface area contributed by atoms with Crippen molar-refractivity contribution in [3.8, 4) is 5.75 Å². The summed E-state index contributed by atoms with van der Waals surface area (Å²) in [6.07, 6.45) is 3.25. The summed E-state index contributed by atoms with van der Waals surface area (Å²) in [5.41, 5.74) is 0.962. The van der Waals surface area contributed by atoms with E-state index in [0.717, 1.165) is 16.9 Å². The topological polar surface area (TPSA) is 77.4 Å². The maximum Gasteiger partial charge on any atom is 0.269 e. The summed E-state index contributed by atoms with van der Waals surface area (Å²) in [6, 6.07) is 9.29. The van der Waals surface area contributed by atoms with Gasteiger partial charge in [-0.15, -0.1) is 11.3 Å². The van der Waals surface area contributed by atoms with Crippen molar-refractivity contribution in [1.82, 2.24) is 9.88 Å². The fourth-order valence-corrected chi connectivity index (χ4v) is 4.43. The third-order valence-corrected chi connectivity index (χ3v) is 6.48. The van der Waals surface area contributed by atoms with Crippen LogP contribution in [-0.2, 0) is 22.7 Å². The van der Waals surface area contributed by atoms with Gasteiger partial charge >= 0.3 is 0 Å². The number of nitrogens with one attached hydrogen (secondary N) is 1. The summed E-state index contributed by atoms with van der Waals surface area (Å²) in [5, 5.41) is 6.71. The van der Waals surface area contributed by atoms with Crippen molar-refractivity contribution in [2.45, 2.75) is 33.9 Å². The number of Topliss-reactive ketones (excluding diaryl/α,β-unsaturated/α-hetero) is 1. The number of thiophene rings is 1. The molecule has 0 fully saturated rings. The monoisotopic (exact) mass is 470 g/mol. The second-order valence-corrected chi connectivity index (χ2v) is 10.1. The highest BCUT2D eigenvalue weighted by Gasteiger charge is 2.20. The van der Waals surface area contributed by atoms with Crippen molar-refractivity contribution >= 4 is 46.5 Å². The quantitative estimate of drug-likeness (QED) is 0.576. The zero-order chi connectivity index (χ0) is 23.3. The highest BCUT2D eigenvalue weighted by molar-refractivity contribution is 7.08. The number of rotatable bonds is 7. The van der Waals surface area contributed by atoms with Crippen LogP contribution < -0.4 is 24.8 Å². The van der Waals surface area contributed by atoms with Crippen LogP contribution in [0.2, 0.25) is 0 Å². The lowest BCUT2D eigenvalue weighted by molar-refractivity contribution is -0.122. The van der Waals surface area contributed by atoms with Crippen LogP contribution in [0.4, 0.5) is 0 Å². The van der Waals surface area contributed by atoms with Gasteiger partial charge in [-0.3, -0.25) is 19.0 Å². The Kier molecular flexibility index (Phi) is 7.48. The molecule has 0 aliphatic rings. The van der Waals surface area contributed by atoms with Gasteiger partial charge in [-0.05, 0) is 46.2 Å². The Balaban J connectivity index is 1.88. The molecular formula is C24H26N2O4S2. The van der Waals surface area contributed by atoms with Crippen LogP contribution >= 0.6 is 22.7 Å². The van der Waals surface area contributed by atoms with Gasteiger partial charge in [0.15, 0.2) is 5.78 Å². The van der Waals surface area contributed by atoms with Crippen molar-refractivity contribution in [3.63, 3.8) is 0 Å². The van der Waals surface area contributed by atoms with Crippen LogP contribution in [0.15, 0.2) is 45.9 Å². The van der Waals surface area contributed by atoms with Crippen molar-refractivity contribution in [1.29, 1.82) is 0 Å². The van der Waals surface area contributed by atoms with E-state index in [1.54, 1.807) is 13.2 Å². The van der Waals surface area contributed by atoms with Gasteiger partial charge in [0.05, 0.1) is 11.6 Å². The summed E-state index contributed by atoms with van der Waals surface area (Å²) < 4.78 is 7.46. The second-order valence-electron chi connectivity index (χ2n) is 8.28. The first kappa shape index (κ1) is 23.7. The standard InChI is InChI=1S/C24H26N2O4S2/c1-24(2,3)20(27)12-22-26(23(29)19(32-22)11-17-9-10-31-15-17)14-21(28)25-13-16-5-7-18(30-4)8-6-16/h5-12,15H,13-14H2,1-4H3,(H,25,28)/b19-11-,22-12+. The molecule has 0 saturated heterocycles. The number of aromatic nitrogens is 1. The fourth-order valence-electron chi connectivity index (χ4n) is 2.77. The number of ketones is 1. The fraction of sp³-hybridized carbons (Fsp3) is 0.292. The molecule has 0 unspecified atom stereocenters. The molecule has 3 rings (SSSR count). The van der Waals surface area contributed by atoms with Crippen molar-refractivity contribution < 1.29 is 14.3 Å². The molecule has 168 valence electrons. The number of amides is 1. The van der Waals surface area contributed by atoms with Gasteiger partial charge < -0.3 is 10.1 Å². The highest BCUT2D eigenvalue weighted by Crippen LogP contribution is 2.15. The van der Waals surface area contributed by atoms with E-state index in [0.29, 0.717) is 15.7 Å². The van der Waals surface area contributed by atoms with Gasteiger partial charge in [0.1, 0.15) is 17.0 Å². The van der Waals surface area contributed by atoms with Gasteiger partial charge in [-0.2, -0.15) is 11.3 Å². The molecule has 3 aromatic rings. The summed E-state index contributed by atoms with van der Waals surface area (Å²) in [7, 11) is 1.60. The molecule has 0 radical (unpaired) electrons. The molecule has 32 heavy (non-hydrogen) atoms. The number of carbonyl (C=O) groups excluding carboxylic acids is 2. The van der Waals surface area contributed by atoms with E-state index in [-0.39, 0.29) is 23.8 Å². The first-order valence-electron chi connectivity index (χ1n) is 10.1. The van der Waals surface area contributed by atoms with Crippen LogP contribution in [0.1, 0.15) is 31.9 Å². The Morgan fingerprint density at radius 3 is 2.47 bits per heavy atom. The lowest BCUT2D eigenvalue weighted by atomic mass is 9.91. The van der Waals surface area contributed by atoms with E-state index >= 15 is 0 Å². The van der Waals surface area contributed by atoms with Crippen LogP contribution in [0, 0.1) is 5.41 Å². The Labute approximate surface area is 194 Å². The van der Waals surface area contributed by atoms with Crippen LogP contribution in [0.5, 0.6) is 5.75 Å². The summed E-state index contributed by atoms with van der Waals surface area (Å²) in [5.74, 6) is 0.330. The van der Waals surface area contributed by atoms with Crippen molar-refractivity contribution in [2.24, 2.45) is 5.41 Å². The molecule has 2 heterocycles. The number of ether oxygens (including phenoxy) is 1. The molecule has 1 N–H and O–H groups in total. The molecule has 0 spiro atoms. The molecular weight excluding hydrogens is 444 g/mol. The summed E-state index contributed by atoms with van der Waals surface area (Å²) >= 11 is 2.76. The van der Waals surface area contributed by atoms with Crippen molar-refractivity contribution in [2.75, 3.05) is 7.11 Å². The van der Waals surface area contributed by atoms with E-state index in [4.69, 9.17) is 4.74 Å². The maximum atomic E-state index is 13.0. The number of methoxy groups -OCH3 is 1. The number of thiazole rings is 1. The van der Waals surface area contributed by atoms with E-state index in [1.807, 2.05) is 61.9 Å². The maximum absolute atomic E-state index is 13.0. The lowest BCUT2D eigenvalue weighted by Gasteiger charge is -2.13. The van der Waals surface area contributed by atoms with E-state index in [1.165, 1.54) is 33.3 Å². The Bertz CT molecular complexity index is 1260. The predicted octanol–water partition coefficient (Wildman–Crippen LogP) is 2.52. The van der Waals surface area contributed by atoms with Crippen LogP contribution in [0.3, 0.4) is 0 Å². The number of nitrogens with zero attached hydrogens (tertiary/aromatic N) is 1. The van der Waals surface area contributed by atoms with Crippen molar-refractivity contribution in [3.05, 3.63) is 71.8 Å². The van der Waals surface area contributed by atoms with E-state index in [2.05, 4.69) is 5.32 Å². The Hall–Kier alpha value is -2.97. The third-order valence-electron chi connectivity index (χ3n) is 4.72. The normalized spacial score (nSPS) is 12.8. The minimum absolute atomic E-state index is 0.103. The third kappa shape index (κ3) is 6.05. The average Bonchev–Trinajstić information content (AvgIpc) is 3.36. The molecule has 0 bridgehead atoms. The smallest absolute Gasteiger partial charge is 0.269 e. The lowest BCUT2D eigenvalue weighted by Crippen LogP contribution is -2.38. The van der Waals surface area contributed by atoms with E-state index < -0.39 is 5.41 Å². The average molecular weight is 471 g/mol. The highest BCUT2D eigenvalue weighted by atomic mass is 32.1. The first-order valence-corrected chi connectivity index (χ1v) is 11.8. The van der Waals surface area contributed by atoms with Crippen LogP contribution in [0.25, 0.3) is 12.2 Å². The minimum atomic E-state index is -0.585. The first-order chi connectivity index (χ1) is 15.2. The van der Waals surface area contributed by atoms with Crippen LogP contribution in [-0.4, -0.2) is 23.4 Å². The minimum Gasteiger partial charge on any atom is -0.497 e. The molecule has 0 aliphatic carbocycles. The number of hydrogen-bond acceptors (Lipinski definition) is 6. The molecule has 1 aromatic carbocycles. The van der Waals surface area contributed by atoms with E-state index in [9.17, 15) is 14.4 Å². The molecule has 8 heteroatoms. The zero-order valence-corrected chi connectivity index (χ0v) is 20.1. The van der Waals surface area contributed by atoms with Gasteiger partial charge in [0.2, 0.25) is 5.91 Å². The van der Waals surface area contributed by atoms with Gasteiger partial charge in [-0.1, -0.05) is 32.9 Å². The number of carbonyl (C=O) groups is 2. The van der Waals surface area contributed by atoms with Gasteiger partial charge in [-0.25, -0.2) is 0 Å². The van der Waals surface area contributed by atoms with Gasteiger partial charge in [0.25, 0.3) is 5.56 Å². The molecule has 2 aromatic heterocycles. The molecule has 0 saturated carbocycles. The summed E-state index contributed by atoms with van der Waals surface area (Å²) in [6.45, 7) is 5.63. The second kappa shape index (κ2) is 10.1. The zero-order valence-electron chi connectivity index (χ0n) is 18.5. The largest absolute Gasteiger partial charge is 0.497 e. The molecule has 6 nitrogen and oxygen atoms in total. The molecule has 0 atom stereocenters. The summed E-state index contributed by atoms with van der Waals surface area (Å²) in [4.78, 5) is 38.3. The SMILES string of the molecule is COc1ccc(CNC(=O)Cn2c(=O)/c(=C/c3ccsc3)s/c2=C/C(=O)C(C)(C)C)cc1. The number of benzene rings is 1. The molecule has 0 aliphatic heterocycles. The number of hydrogen-bond donors (Lipinski definition) is 1. The van der Waals surface area contributed by atoms with Gasteiger partial charge in [0, 0.05) is 18.0 Å². The molecule has 1 amide bonds. The Morgan fingerprint density at radius 2 is 1.88 bits per heavy atom. The Morgan fingerprint density at radius 1 is 1.16 bits per heavy atom. The predicted molar refractivity (Wildman–Crippen MR) is 129 cm³/mol.